The number of nitrogens with two attached hydrogens (primary N) is 1. The Morgan fingerprint density at radius 1 is 1.10 bits per heavy atom. The number of rotatable bonds is 4. The van der Waals surface area contributed by atoms with Crippen LogP contribution in [0.1, 0.15) is 35.7 Å². The third-order valence-corrected chi connectivity index (χ3v) is 5.51. The molecule has 3 aromatic rings. The zero-order valence-electron chi connectivity index (χ0n) is 19.3. The summed E-state index contributed by atoms with van der Waals surface area (Å²) >= 11 is 0. The Bertz CT molecular complexity index is 1270. The van der Waals surface area contributed by atoms with Crippen molar-refractivity contribution in [1.29, 1.82) is 0 Å². The number of piperazine rings is 1. The molecule has 8 nitrogen and oxygen atoms in total. The predicted octanol–water partition coefficient (Wildman–Crippen LogP) is 1.66. The number of pyridine rings is 1. The van der Waals surface area contributed by atoms with Crippen LogP contribution in [0.3, 0.4) is 0 Å². The second-order valence-electron chi connectivity index (χ2n) is 7.53. The number of amides is 1. The van der Waals surface area contributed by atoms with Gasteiger partial charge in [0.25, 0.3) is 11.5 Å². The molecule has 0 atom stereocenters. The Labute approximate surface area is 177 Å². The quantitative estimate of drug-likeness (QED) is 0.680. The fraction of sp³-hybridized carbons (Fsp3) is 0.364. The number of benzene rings is 1. The van der Waals surface area contributed by atoms with Crippen molar-refractivity contribution in [2.45, 2.75) is 27.3 Å². The van der Waals surface area contributed by atoms with Crippen LogP contribution in [0.2, 0.25) is 0 Å². The summed E-state index contributed by atoms with van der Waals surface area (Å²) in [6, 6.07) is 6.96. The molecular formula is C22H26N6O2. The largest absolute Gasteiger partial charge is 0.368 e. The van der Waals surface area contributed by atoms with Crippen molar-refractivity contribution in [3.63, 3.8) is 0 Å². The van der Waals surface area contributed by atoms with Gasteiger partial charge in [-0.3, -0.25) is 14.5 Å². The fourth-order valence-electron chi connectivity index (χ4n) is 3.76. The van der Waals surface area contributed by atoms with Crippen molar-refractivity contribution < 1.29 is 7.54 Å². The third kappa shape index (κ3) is 3.78. The number of carbonyl (C=O) groups is 1. The smallest absolute Gasteiger partial charge is 0.269 e. The second kappa shape index (κ2) is 7.87. The van der Waals surface area contributed by atoms with Crippen molar-refractivity contribution >= 4 is 22.6 Å². The van der Waals surface area contributed by atoms with Gasteiger partial charge in [-0.05, 0) is 50.1 Å². The number of H-pyrrole nitrogens is 1. The number of hydrogen-bond acceptors (Lipinski definition) is 6. The molecule has 2 aromatic heterocycles. The minimum Gasteiger partial charge on any atom is -0.368 e. The van der Waals surface area contributed by atoms with Gasteiger partial charge in [0.05, 0.1) is 22.4 Å². The molecule has 156 valence electrons. The summed E-state index contributed by atoms with van der Waals surface area (Å²) in [5.74, 6) is -0.560. The average Bonchev–Trinajstić information content (AvgIpc) is 2.75. The highest BCUT2D eigenvalue weighted by atomic mass is 16.1. The number of nitrogens with one attached hydrogen (secondary N) is 1. The molecule has 0 radical (unpaired) electrons. The molecule has 0 bridgehead atoms. The van der Waals surface area contributed by atoms with E-state index < -0.39 is 12.4 Å². The monoisotopic (exact) mass is 408 g/mol. The van der Waals surface area contributed by atoms with Gasteiger partial charge in [0.15, 0.2) is 0 Å². The van der Waals surface area contributed by atoms with Gasteiger partial charge in [-0.15, -0.1) is 0 Å². The van der Waals surface area contributed by atoms with E-state index in [2.05, 4.69) is 19.9 Å². The first-order valence-corrected chi connectivity index (χ1v) is 9.87. The standard InChI is InChI=1S/C22H26N6O2/c1-13-16(4-5-17-20(13)26-22(30)15(3)25-17)12-27-8-10-28(11-9-27)19-7-6-18(21(23)29)24-14(19)2/h4-7H,8-12H2,1-3H3,(H2,23,29)(H,26,30)/i12D2. The lowest BCUT2D eigenvalue weighted by Gasteiger charge is -2.36. The number of primary amides is 1. The SMILES string of the molecule is [2H]C([2H])(c1ccc2nc(C)c(=O)[nH]c2c1C)N1CCN(c2ccc(C(N)=O)nc2C)CC1. The van der Waals surface area contributed by atoms with E-state index in [1.54, 1.807) is 30.0 Å². The van der Waals surface area contributed by atoms with E-state index in [0.29, 0.717) is 54.0 Å². The first-order chi connectivity index (χ1) is 15.1. The van der Waals surface area contributed by atoms with Gasteiger partial charge in [0.2, 0.25) is 0 Å². The van der Waals surface area contributed by atoms with Crippen molar-refractivity contribution in [3.8, 4) is 0 Å². The summed E-state index contributed by atoms with van der Waals surface area (Å²) < 4.78 is 17.7. The van der Waals surface area contributed by atoms with Gasteiger partial charge in [0.1, 0.15) is 11.4 Å². The van der Waals surface area contributed by atoms with Gasteiger partial charge in [-0.2, -0.15) is 0 Å². The van der Waals surface area contributed by atoms with E-state index >= 15 is 0 Å². The number of anilines is 1. The van der Waals surface area contributed by atoms with Crippen LogP contribution in [-0.4, -0.2) is 51.9 Å². The Balaban J connectivity index is 1.57. The van der Waals surface area contributed by atoms with Crippen molar-refractivity contribution in [3.05, 3.63) is 62.8 Å². The topological polar surface area (TPSA) is 108 Å². The molecule has 1 aromatic carbocycles. The maximum absolute atomic E-state index is 12.0. The lowest BCUT2D eigenvalue weighted by Crippen LogP contribution is -2.46. The van der Waals surface area contributed by atoms with E-state index in [9.17, 15) is 9.59 Å². The van der Waals surface area contributed by atoms with Gasteiger partial charge >= 0.3 is 0 Å². The molecule has 1 amide bonds. The molecule has 1 aliphatic heterocycles. The minimum absolute atomic E-state index is 0.232. The number of nitrogens with zero attached hydrogens (tertiary/aromatic N) is 4. The van der Waals surface area contributed by atoms with Gasteiger partial charge < -0.3 is 15.6 Å². The molecule has 1 saturated heterocycles. The summed E-state index contributed by atoms with van der Waals surface area (Å²) in [6.45, 7) is 5.82. The Morgan fingerprint density at radius 2 is 1.83 bits per heavy atom. The minimum atomic E-state index is -1.71. The average molecular weight is 409 g/mol. The highest BCUT2D eigenvalue weighted by molar-refractivity contribution is 5.91. The Morgan fingerprint density at radius 3 is 2.50 bits per heavy atom. The first kappa shape index (κ1) is 17.6. The third-order valence-electron chi connectivity index (χ3n) is 5.51. The fourth-order valence-corrected chi connectivity index (χ4v) is 3.76. The van der Waals surface area contributed by atoms with Crippen molar-refractivity contribution in [2.75, 3.05) is 31.1 Å². The van der Waals surface area contributed by atoms with Crippen LogP contribution in [0.4, 0.5) is 5.69 Å². The number of hydrogen-bond donors (Lipinski definition) is 2. The van der Waals surface area contributed by atoms with Crippen LogP contribution in [0.5, 0.6) is 0 Å². The van der Waals surface area contributed by atoms with E-state index in [1.165, 1.54) is 0 Å². The Kier molecular flexibility index (Phi) is 4.61. The summed E-state index contributed by atoms with van der Waals surface area (Å²) in [5, 5.41) is 0. The molecule has 3 N–H and O–H groups in total. The molecule has 0 aliphatic carbocycles. The second-order valence-corrected chi connectivity index (χ2v) is 7.53. The molecule has 0 unspecified atom stereocenters. The van der Waals surface area contributed by atoms with Crippen LogP contribution in [-0.2, 0) is 6.50 Å². The molecule has 1 aliphatic rings. The number of aromatic amines is 1. The van der Waals surface area contributed by atoms with E-state index in [1.807, 2.05) is 19.9 Å². The summed E-state index contributed by atoms with van der Waals surface area (Å²) in [4.78, 5) is 38.8. The van der Waals surface area contributed by atoms with Crippen LogP contribution in [0.25, 0.3) is 11.0 Å². The number of carbonyl (C=O) groups excluding carboxylic acids is 1. The molecule has 3 heterocycles. The maximum Gasteiger partial charge on any atom is 0.269 e. The van der Waals surface area contributed by atoms with Crippen molar-refractivity contribution in [2.24, 2.45) is 5.73 Å². The van der Waals surface area contributed by atoms with Crippen LogP contribution >= 0.6 is 0 Å². The van der Waals surface area contributed by atoms with Crippen LogP contribution in [0, 0.1) is 20.8 Å². The molecule has 0 saturated carbocycles. The van der Waals surface area contributed by atoms with Crippen molar-refractivity contribution in [1.82, 2.24) is 19.9 Å². The number of aryl methyl sites for hydroxylation is 3. The molecule has 30 heavy (non-hydrogen) atoms. The predicted molar refractivity (Wildman–Crippen MR) is 117 cm³/mol. The van der Waals surface area contributed by atoms with Crippen LogP contribution in [0.15, 0.2) is 29.1 Å². The highest BCUT2D eigenvalue weighted by Gasteiger charge is 2.20. The first-order valence-electron chi connectivity index (χ1n) is 10.9. The van der Waals surface area contributed by atoms with E-state index in [0.717, 1.165) is 11.4 Å². The molecule has 1 fully saturated rings. The molecule has 0 spiro atoms. The lowest BCUT2D eigenvalue weighted by molar-refractivity contribution is 0.0995. The zero-order valence-corrected chi connectivity index (χ0v) is 17.3. The normalized spacial score (nSPS) is 16.4. The lowest BCUT2D eigenvalue weighted by atomic mass is 10.1. The van der Waals surface area contributed by atoms with E-state index in [-0.39, 0.29) is 11.3 Å². The maximum atomic E-state index is 12.0. The number of aromatic nitrogens is 3. The van der Waals surface area contributed by atoms with Gasteiger partial charge in [-0.1, -0.05) is 6.07 Å². The number of fused-ring (bicyclic) bond motifs is 1. The highest BCUT2D eigenvalue weighted by Crippen LogP contribution is 2.23. The molecule has 8 heteroatoms. The van der Waals surface area contributed by atoms with Gasteiger partial charge in [-0.25, -0.2) is 9.97 Å². The van der Waals surface area contributed by atoms with E-state index in [4.69, 9.17) is 8.48 Å². The molecular weight excluding hydrogens is 380 g/mol. The van der Waals surface area contributed by atoms with Gasteiger partial charge in [0, 0.05) is 35.4 Å². The summed E-state index contributed by atoms with van der Waals surface area (Å²) in [6.07, 6.45) is 0. The molecule has 4 rings (SSSR count). The summed E-state index contributed by atoms with van der Waals surface area (Å²) in [5.41, 5.74) is 9.70. The Hall–Kier alpha value is -3.26. The zero-order chi connectivity index (χ0) is 23.2. The summed E-state index contributed by atoms with van der Waals surface area (Å²) in [7, 11) is 0. The van der Waals surface area contributed by atoms with Crippen LogP contribution < -0.4 is 16.2 Å².